The first-order valence-electron chi connectivity index (χ1n) is 8.49. The fourth-order valence-electron chi connectivity index (χ4n) is 2.44. The number of carbonyl (C=O) groups is 1. The number of para-hydroxylation sites is 1. The van der Waals surface area contributed by atoms with E-state index in [0.717, 1.165) is 4.47 Å². The van der Waals surface area contributed by atoms with Gasteiger partial charge in [0, 0.05) is 14.5 Å². The first kappa shape index (κ1) is 22.4. The lowest BCUT2D eigenvalue weighted by atomic mass is 10.3. The van der Waals surface area contributed by atoms with E-state index in [1.165, 1.54) is 42.5 Å². The van der Waals surface area contributed by atoms with Crippen LogP contribution in [-0.4, -0.2) is 20.9 Å². The van der Waals surface area contributed by atoms with Crippen LogP contribution in [0, 0.1) is 0 Å². The number of sulfonamides is 1. The summed E-state index contributed by atoms with van der Waals surface area (Å²) in [6.45, 7) is -0.229. The molecule has 0 aliphatic carbocycles. The molecule has 0 aromatic heterocycles. The van der Waals surface area contributed by atoms with Crippen molar-refractivity contribution in [2.75, 3.05) is 16.6 Å². The normalized spacial score (nSPS) is 11.0. The van der Waals surface area contributed by atoms with Gasteiger partial charge in [-0.05, 0) is 70.5 Å². The van der Waals surface area contributed by atoms with E-state index in [9.17, 15) is 13.2 Å². The molecule has 0 aliphatic rings. The van der Waals surface area contributed by atoms with Crippen molar-refractivity contribution in [3.05, 3.63) is 81.2 Å². The number of rotatable bonds is 7. The quantitative estimate of drug-likeness (QED) is 0.418. The Morgan fingerprint density at radius 1 is 0.967 bits per heavy atom. The lowest BCUT2D eigenvalue weighted by Crippen LogP contribution is -2.20. The van der Waals surface area contributed by atoms with E-state index in [1.807, 2.05) is 6.07 Å². The number of carbonyl (C=O) groups excluding carboxylic acids is 1. The molecule has 0 saturated heterocycles. The van der Waals surface area contributed by atoms with Gasteiger partial charge in [0.15, 0.2) is 6.61 Å². The highest BCUT2D eigenvalue weighted by Crippen LogP contribution is 2.25. The van der Waals surface area contributed by atoms with E-state index < -0.39 is 10.0 Å². The summed E-state index contributed by atoms with van der Waals surface area (Å²) in [6.07, 6.45) is 0. The molecule has 0 heterocycles. The molecule has 0 fully saturated rings. The minimum absolute atomic E-state index is 0.0172. The largest absolute Gasteiger partial charge is 0.484 e. The third kappa shape index (κ3) is 6.12. The number of nitrogens with one attached hydrogen (secondary N) is 2. The van der Waals surface area contributed by atoms with Gasteiger partial charge >= 0.3 is 0 Å². The average Bonchev–Trinajstić information content (AvgIpc) is 2.67. The van der Waals surface area contributed by atoms with Crippen LogP contribution in [0.4, 0.5) is 11.4 Å². The molecule has 0 saturated carbocycles. The second kappa shape index (κ2) is 9.70. The predicted octanol–water partition coefficient (Wildman–Crippen LogP) is 5.57. The minimum Gasteiger partial charge on any atom is -0.484 e. The SMILES string of the molecule is O=C(COc1ccc(S(=O)(=O)Nc2cc(Cl)cc(Cl)c2)cc1)Nc1ccccc1Br. The van der Waals surface area contributed by atoms with E-state index >= 15 is 0 Å². The second-order valence-corrected chi connectivity index (χ2v) is 9.46. The summed E-state index contributed by atoms with van der Waals surface area (Å²) in [5, 5.41) is 3.33. The Morgan fingerprint density at radius 2 is 1.60 bits per heavy atom. The molecule has 3 rings (SSSR count). The van der Waals surface area contributed by atoms with Crippen molar-refractivity contribution in [2.45, 2.75) is 4.90 Å². The van der Waals surface area contributed by atoms with Crippen molar-refractivity contribution < 1.29 is 17.9 Å². The fraction of sp³-hybridized carbons (Fsp3) is 0.0500. The molecule has 3 aromatic carbocycles. The molecule has 0 aliphatic heterocycles. The number of amides is 1. The Bertz CT molecular complexity index is 1150. The Balaban J connectivity index is 1.61. The molecule has 1 amide bonds. The van der Waals surface area contributed by atoms with Crippen molar-refractivity contribution in [1.82, 2.24) is 0 Å². The van der Waals surface area contributed by atoms with E-state index in [1.54, 1.807) is 18.2 Å². The summed E-state index contributed by atoms with van der Waals surface area (Å²) < 4.78 is 33.6. The Hall–Kier alpha value is -2.26. The first-order chi connectivity index (χ1) is 14.2. The van der Waals surface area contributed by atoms with Gasteiger partial charge in [-0.15, -0.1) is 0 Å². The van der Waals surface area contributed by atoms with Crippen LogP contribution in [0.1, 0.15) is 0 Å². The van der Waals surface area contributed by atoms with Crippen LogP contribution < -0.4 is 14.8 Å². The van der Waals surface area contributed by atoms with Gasteiger partial charge < -0.3 is 10.1 Å². The highest BCUT2D eigenvalue weighted by molar-refractivity contribution is 9.10. The molecule has 156 valence electrons. The molecule has 10 heteroatoms. The molecule has 0 bridgehead atoms. The van der Waals surface area contributed by atoms with E-state index in [0.29, 0.717) is 21.5 Å². The summed E-state index contributed by atoms with van der Waals surface area (Å²) in [5.41, 5.74) is 0.872. The smallest absolute Gasteiger partial charge is 0.262 e. The lowest BCUT2D eigenvalue weighted by Gasteiger charge is -2.11. The number of benzene rings is 3. The van der Waals surface area contributed by atoms with E-state index in [4.69, 9.17) is 27.9 Å². The first-order valence-corrected chi connectivity index (χ1v) is 11.5. The number of halogens is 3. The zero-order valence-electron chi connectivity index (χ0n) is 15.2. The second-order valence-electron chi connectivity index (χ2n) is 6.05. The molecule has 0 radical (unpaired) electrons. The number of anilines is 2. The van der Waals surface area contributed by atoms with E-state index in [2.05, 4.69) is 26.0 Å². The monoisotopic (exact) mass is 528 g/mol. The van der Waals surface area contributed by atoms with Crippen molar-refractivity contribution in [3.63, 3.8) is 0 Å². The van der Waals surface area contributed by atoms with Crippen molar-refractivity contribution >= 4 is 66.4 Å². The number of ether oxygens (including phenoxy) is 1. The van der Waals surface area contributed by atoms with Crippen LogP contribution in [0.15, 0.2) is 76.1 Å². The number of hydrogen-bond acceptors (Lipinski definition) is 4. The van der Waals surface area contributed by atoms with Crippen LogP contribution in [0.5, 0.6) is 5.75 Å². The summed E-state index contributed by atoms with van der Waals surface area (Å²) in [5.74, 6) is 0.000118. The third-order valence-corrected chi connectivity index (χ3v) is 6.29. The van der Waals surface area contributed by atoms with E-state index in [-0.39, 0.29) is 23.1 Å². The molecule has 0 spiro atoms. The molecule has 2 N–H and O–H groups in total. The maximum Gasteiger partial charge on any atom is 0.262 e. The summed E-state index contributed by atoms with van der Waals surface area (Å²) in [6, 6.07) is 17.3. The minimum atomic E-state index is -3.85. The number of hydrogen-bond donors (Lipinski definition) is 2. The Morgan fingerprint density at radius 3 is 2.23 bits per heavy atom. The van der Waals surface area contributed by atoms with Crippen LogP contribution in [0.2, 0.25) is 10.0 Å². The Kier molecular flexibility index (Phi) is 7.25. The lowest BCUT2D eigenvalue weighted by molar-refractivity contribution is -0.118. The zero-order valence-corrected chi connectivity index (χ0v) is 19.1. The zero-order chi connectivity index (χ0) is 21.7. The van der Waals surface area contributed by atoms with Gasteiger partial charge in [0.25, 0.3) is 15.9 Å². The topological polar surface area (TPSA) is 84.5 Å². The maximum atomic E-state index is 12.5. The summed E-state index contributed by atoms with van der Waals surface area (Å²) in [7, 11) is -3.85. The van der Waals surface area contributed by atoms with Gasteiger partial charge in [0.05, 0.1) is 16.3 Å². The molecular weight excluding hydrogens is 515 g/mol. The van der Waals surface area contributed by atoms with Crippen LogP contribution in [0.3, 0.4) is 0 Å². The van der Waals surface area contributed by atoms with Gasteiger partial charge in [-0.1, -0.05) is 35.3 Å². The van der Waals surface area contributed by atoms with Gasteiger partial charge in [-0.3, -0.25) is 9.52 Å². The highest BCUT2D eigenvalue weighted by Gasteiger charge is 2.15. The van der Waals surface area contributed by atoms with Gasteiger partial charge in [0.2, 0.25) is 0 Å². The van der Waals surface area contributed by atoms with Gasteiger partial charge in [0.1, 0.15) is 5.75 Å². The van der Waals surface area contributed by atoms with Crippen molar-refractivity contribution in [3.8, 4) is 5.75 Å². The molecule has 30 heavy (non-hydrogen) atoms. The highest BCUT2D eigenvalue weighted by atomic mass is 79.9. The molecule has 3 aromatic rings. The third-order valence-electron chi connectivity index (χ3n) is 3.77. The van der Waals surface area contributed by atoms with Crippen LogP contribution >= 0.6 is 39.1 Å². The Labute approximate surface area is 192 Å². The average molecular weight is 530 g/mol. The van der Waals surface area contributed by atoms with Crippen molar-refractivity contribution in [1.29, 1.82) is 0 Å². The molecular formula is C20H15BrCl2N2O4S. The fourth-order valence-corrected chi connectivity index (χ4v) is 4.39. The molecule has 6 nitrogen and oxygen atoms in total. The summed E-state index contributed by atoms with van der Waals surface area (Å²) >= 11 is 15.1. The predicted molar refractivity (Wildman–Crippen MR) is 122 cm³/mol. The summed E-state index contributed by atoms with van der Waals surface area (Å²) in [4.78, 5) is 12.1. The standard InChI is InChI=1S/C20H15BrCl2N2O4S/c21-18-3-1-2-4-19(18)24-20(26)12-29-16-5-7-17(8-6-16)30(27,28)25-15-10-13(22)9-14(23)11-15/h1-11,25H,12H2,(H,24,26). The van der Waals surface area contributed by atoms with Crippen LogP contribution in [-0.2, 0) is 14.8 Å². The molecule has 0 atom stereocenters. The van der Waals surface area contributed by atoms with Crippen LogP contribution in [0.25, 0.3) is 0 Å². The van der Waals surface area contributed by atoms with Gasteiger partial charge in [-0.2, -0.15) is 0 Å². The maximum absolute atomic E-state index is 12.5. The van der Waals surface area contributed by atoms with Crippen molar-refractivity contribution in [2.24, 2.45) is 0 Å². The molecule has 0 unspecified atom stereocenters. The van der Waals surface area contributed by atoms with Gasteiger partial charge in [-0.25, -0.2) is 8.42 Å².